The predicted molar refractivity (Wildman–Crippen MR) is 103 cm³/mol. The molecule has 0 fully saturated rings. The van der Waals surface area contributed by atoms with E-state index in [0.717, 1.165) is 0 Å². The number of rotatable bonds is 3. The van der Waals surface area contributed by atoms with Gasteiger partial charge in [0, 0.05) is 22.6 Å². The molecule has 2 aliphatic rings. The highest BCUT2D eigenvalue weighted by Crippen LogP contribution is 2.45. The van der Waals surface area contributed by atoms with E-state index in [-0.39, 0.29) is 34.0 Å². The highest BCUT2D eigenvalue weighted by Gasteiger charge is 2.48. The van der Waals surface area contributed by atoms with E-state index < -0.39 is 22.4 Å². The maximum atomic E-state index is 13.3. The molecule has 1 heterocycles. The number of carbonyl (C=O) groups is 2. The Labute approximate surface area is 168 Å². The van der Waals surface area contributed by atoms with Gasteiger partial charge in [-0.15, -0.1) is 0 Å². The van der Waals surface area contributed by atoms with Gasteiger partial charge in [-0.1, -0.05) is 52.3 Å². The van der Waals surface area contributed by atoms with Crippen LogP contribution in [0.15, 0.2) is 75.9 Å². The summed E-state index contributed by atoms with van der Waals surface area (Å²) in [6.07, 6.45) is 0. The molecule has 0 amide bonds. The van der Waals surface area contributed by atoms with Crippen molar-refractivity contribution in [2.45, 2.75) is 5.92 Å². The number of ether oxygens (including phenoxy) is 1. The summed E-state index contributed by atoms with van der Waals surface area (Å²) in [5.74, 6) is -2.31. The Hall–Kier alpha value is -3.26. The van der Waals surface area contributed by atoms with Crippen molar-refractivity contribution in [2.75, 3.05) is 7.05 Å². The minimum absolute atomic E-state index is 0.0208. The largest absolute Gasteiger partial charge is 0.431 e. The quantitative estimate of drug-likeness (QED) is 0.578. The van der Waals surface area contributed by atoms with Crippen LogP contribution in [0.4, 0.5) is 0 Å². The number of Topliss-reactive ketones (excluding diaryl/α,β-unsaturated/α-hetero) is 2. The molecular weight excluding hydrogens is 428 g/mol. The molecule has 0 radical (unpaired) electrons. The molecule has 0 spiro atoms. The Kier molecular flexibility index (Phi) is 4.35. The van der Waals surface area contributed by atoms with Crippen LogP contribution in [0.5, 0.6) is 0 Å². The summed E-state index contributed by atoms with van der Waals surface area (Å²) < 4.78 is 6.26. The molecule has 2 aromatic rings. The molecule has 28 heavy (non-hydrogen) atoms. The third-order valence-corrected chi connectivity index (χ3v) is 5.21. The topological polar surface area (TPSA) is 98.5 Å². The number of halogens is 1. The Balaban J connectivity index is 2.01. The Bertz CT molecular complexity index is 1120. The molecule has 1 unspecified atom stereocenters. The van der Waals surface area contributed by atoms with E-state index in [1.54, 1.807) is 48.5 Å². The zero-order chi connectivity index (χ0) is 20.0. The van der Waals surface area contributed by atoms with Gasteiger partial charge in [0.1, 0.15) is 5.92 Å². The van der Waals surface area contributed by atoms with Gasteiger partial charge in [0.15, 0.2) is 11.5 Å². The number of carbonyl (C=O) groups excluding carboxylic acids is 2. The molecule has 1 aliphatic heterocycles. The molecule has 8 heteroatoms. The van der Waals surface area contributed by atoms with Gasteiger partial charge in [0.25, 0.3) is 5.88 Å². The fourth-order valence-electron chi connectivity index (χ4n) is 3.54. The van der Waals surface area contributed by atoms with Gasteiger partial charge in [0.2, 0.25) is 5.78 Å². The molecule has 1 atom stereocenters. The summed E-state index contributed by atoms with van der Waals surface area (Å²) in [5, 5.41) is 14.5. The number of benzene rings is 2. The van der Waals surface area contributed by atoms with Crippen molar-refractivity contribution in [3.05, 3.63) is 103 Å². The van der Waals surface area contributed by atoms with Gasteiger partial charge >= 0.3 is 5.70 Å². The molecule has 1 N–H and O–H groups in total. The highest BCUT2D eigenvalue weighted by atomic mass is 79.9. The highest BCUT2D eigenvalue weighted by molar-refractivity contribution is 9.10. The Morgan fingerprint density at radius 1 is 1.07 bits per heavy atom. The molecule has 4 rings (SSSR count). The van der Waals surface area contributed by atoms with Crippen LogP contribution in [0, 0.1) is 10.1 Å². The molecule has 140 valence electrons. The van der Waals surface area contributed by atoms with Crippen molar-refractivity contribution in [2.24, 2.45) is 0 Å². The smallest absolute Gasteiger partial charge is 0.317 e. The maximum absolute atomic E-state index is 13.3. The molecule has 7 nitrogen and oxygen atoms in total. The lowest BCUT2D eigenvalue weighted by atomic mass is 9.77. The van der Waals surface area contributed by atoms with Crippen LogP contribution in [0.2, 0.25) is 0 Å². The van der Waals surface area contributed by atoms with E-state index >= 15 is 0 Å². The number of ketones is 2. The third-order valence-electron chi connectivity index (χ3n) is 4.72. The van der Waals surface area contributed by atoms with Crippen LogP contribution < -0.4 is 5.32 Å². The van der Waals surface area contributed by atoms with Gasteiger partial charge in [-0.2, -0.15) is 0 Å². The molecular formula is C20H13BrN2O5. The van der Waals surface area contributed by atoms with Crippen molar-refractivity contribution < 1.29 is 19.2 Å². The zero-order valence-electron chi connectivity index (χ0n) is 14.6. The molecule has 0 saturated carbocycles. The standard InChI is InChI=1S/C20H13BrN2O5/c1-22-20-16(23(26)27)14(10-5-4-6-11(21)9-10)15-17(24)12-7-2-3-8-13(12)18(25)19(15)28-20/h2-9,14,22H,1H3. The lowest BCUT2D eigenvalue weighted by Gasteiger charge is -2.30. The van der Waals surface area contributed by atoms with Crippen molar-refractivity contribution in [1.82, 2.24) is 5.32 Å². The van der Waals surface area contributed by atoms with E-state index in [1.807, 2.05) is 0 Å². The van der Waals surface area contributed by atoms with E-state index in [1.165, 1.54) is 7.05 Å². The first-order valence-electron chi connectivity index (χ1n) is 8.36. The summed E-state index contributed by atoms with van der Waals surface area (Å²) in [6, 6.07) is 13.3. The van der Waals surface area contributed by atoms with Crippen LogP contribution in [0.25, 0.3) is 0 Å². The van der Waals surface area contributed by atoms with Gasteiger partial charge in [-0.3, -0.25) is 19.7 Å². The van der Waals surface area contributed by atoms with E-state index in [4.69, 9.17) is 4.74 Å². The van der Waals surface area contributed by atoms with Gasteiger partial charge in [-0.05, 0) is 17.7 Å². The number of allylic oxidation sites excluding steroid dienone is 2. The molecule has 0 bridgehead atoms. The first-order chi connectivity index (χ1) is 13.4. The third kappa shape index (κ3) is 2.65. The second-order valence-corrected chi connectivity index (χ2v) is 7.17. The average Bonchev–Trinajstić information content (AvgIpc) is 2.70. The minimum Gasteiger partial charge on any atom is -0.431 e. The molecule has 0 aromatic heterocycles. The van der Waals surface area contributed by atoms with Crippen LogP contribution in [0.3, 0.4) is 0 Å². The van der Waals surface area contributed by atoms with E-state index in [9.17, 15) is 19.7 Å². The fraction of sp³-hybridized carbons (Fsp3) is 0.100. The van der Waals surface area contributed by atoms with E-state index in [0.29, 0.717) is 10.0 Å². The summed E-state index contributed by atoms with van der Waals surface area (Å²) in [4.78, 5) is 37.6. The first kappa shape index (κ1) is 18.1. The molecule has 2 aromatic carbocycles. The van der Waals surface area contributed by atoms with Crippen molar-refractivity contribution in [3.8, 4) is 0 Å². The van der Waals surface area contributed by atoms with Crippen LogP contribution in [-0.4, -0.2) is 23.5 Å². The second-order valence-electron chi connectivity index (χ2n) is 6.26. The number of fused-ring (bicyclic) bond motifs is 1. The Morgan fingerprint density at radius 2 is 1.75 bits per heavy atom. The normalized spacial score (nSPS) is 18.4. The zero-order valence-corrected chi connectivity index (χ0v) is 16.1. The lowest BCUT2D eigenvalue weighted by molar-refractivity contribution is -0.433. The van der Waals surface area contributed by atoms with Crippen molar-refractivity contribution in [3.63, 3.8) is 0 Å². The monoisotopic (exact) mass is 440 g/mol. The number of nitrogens with zero attached hydrogens (tertiary/aromatic N) is 1. The lowest BCUT2D eigenvalue weighted by Crippen LogP contribution is -2.35. The van der Waals surface area contributed by atoms with Crippen LogP contribution >= 0.6 is 15.9 Å². The summed E-state index contributed by atoms with van der Waals surface area (Å²) >= 11 is 3.36. The second kappa shape index (κ2) is 6.72. The molecule has 1 aliphatic carbocycles. The summed E-state index contributed by atoms with van der Waals surface area (Å²) in [7, 11) is 1.46. The van der Waals surface area contributed by atoms with Gasteiger partial charge in [0.05, 0.1) is 10.5 Å². The summed E-state index contributed by atoms with van der Waals surface area (Å²) in [6.45, 7) is 0. The first-order valence-corrected chi connectivity index (χ1v) is 9.15. The number of nitrogens with one attached hydrogen (secondary N) is 1. The van der Waals surface area contributed by atoms with Gasteiger partial charge < -0.3 is 10.1 Å². The van der Waals surface area contributed by atoms with Crippen LogP contribution in [-0.2, 0) is 4.74 Å². The number of nitro groups is 1. The SMILES string of the molecule is CNC1=C([N+](=O)[O-])C(c2cccc(Br)c2)C2=C(O1)C(=O)c1ccccc1C2=O. The predicted octanol–water partition coefficient (Wildman–Crippen LogP) is 3.56. The number of hydrogen-bond acceptors (Lipinski definition) is 6. The van der Waals surface area contributed by atoms with Crippen molar-refractivity contribution >= 4 is 27.5 Å². The van der Waals surface area contributed by atoms with E-state index in [2.05, 4.69) is 21.2 Å². The summed E-state index contributed by atoms with van der Waals surface area (Å²) in [5.41, 5.74) is 0.599. The van der Waals surface area contributed by atoms with Crippen molar-refractivity contribution in [1.29, 1.82) is 0 Å². The number of hydrogen-bond donors (Lipinski definition) is 1. The Morgan fingerprint density at radius 3 is 2.36 bits per heavy atom. The van der Waals surface area contributed by atoms with Gasteiger partial charge in [-0.25, -0.2) is 0 Å². The van der Waals surface area contributed by atoms with Crippen LogP contribution in [0.1, 0.15) is 32.2 Å². The average molecular weight is 441 g/mol. The molecule has 0 saturated heterocycles. The maximum Gasteiger partial charge on any atom is 0.317 e. The fourth-order valence-corrected chi connectivity index (χ4v) is 3.95. The minimum atomic E-state index is -1.05.